The molecule has 0 heterocycles. The molecule has 2 aromatic rings. The van der Waals surface area contributed by atoms with Crippen molar-refractivity contribution in [1.29, 1.82) is 0 Å². The molecule has 22 heavy (non-hydrogen) atoms. The zero-order valence-corrected chi connectivity index (χ0v) is 11.2. The Balaban J connectivity index is 2.60. The van der Waals surface area contributed by atoms with E-state index in [-0.39, 0.29) is 33.6 Å². The molecule has 0 radical (unpaired) electrons. The van der Waals surface area contributed by atoms with Gasteiger partial charge in [-0.2, -0.15) is 0 Å². The van der Waals surface area contributed by atoms with Crippen LogP contribution >= 0.6 is 0 Å². The van der Waals surface area contributed by atoms with E-state index in [1.165, 1.54) is 18.2 Å². The molecule has 0 aromatic heterocycles. The van der Waals surface area contributed by atoms with Crippen LogP contribution in [0, 0.1) is 0 Å². The first-order valence-corrected chi connectivity index (χ1v) is 6.11. The average Bonchev–Trinajstić information content (AvgIpc) is 2.48. The summed E-state index contributed by atoms with van der Waals surface area (Å²) in [5, 5.41) is 18.1. The second-order valence-electron chi connectivity index (χ2n) is 4.54. The van der Waals surface area contributed by atoms with Crippen LogP contribution in [0.15, 0.2) is 36.4 Å². The van der Waals surface area contributed by atoms with Crippen LogP contribution in [0.5, 0.6) is 0 Å². The number of anilines is 2. The highest BCUT2D eigenvalue weighted by molar-refractivity contribution is 6.15. The first-order chi connectivity index (χ1) is 10.3. The average molecular weight is 300 g/mol. The molecule has 0 fully saturated rings. The fourth-order valence-electron chi connectivity index (χ4n) is 1.92. The van der Waals surface area contributed by atoms with Gasteiger partial charge in [-0.05, 0) is 36.4 Å². The molecule has 0 bridgehead atoms. The highest BCUT2D eigenvalue weighted by Gasteiger charge is 2.20. The molecule has 7 heteroatoms. The van der Waals surface area contributed by atoms with Crippen LogP contribution in [0.25, 0.3) is 0 Å². The van der Waals surface area contributed by atoms with Crippen molar-refractivity contribution in [2.45, 2.75) is 0 Å². The quantitative estimate of drug-likeness (QED) is 0.494. The maximum atomic E-state index is 12.5. The fourth-order valence-corrected chi connectivity index (χ4v) is 1.92. The van der Waals surface area contributed by atoms with E-state index in [1.54, 1.807) is 0 Å². The SMILES string of the molecule is Nc1ccc(C(=O)c2cc(C(=O)O)ccc2C(=O)O)cc1N. The summed E-state index contributed by atoms with van der Waals surface area (Å²) < 4.78 is 0. The summed E-state index contributed by atoms with van der Waals surface area (Å²) in [5.74, 6) is -3.24. The Kier molecular flexibility index (Phi) is 3.81. The second kappa shape index (κ2) is 5.57. The molecule has 0 unspecified atom stereocenters. The van der Waals surface area contributed by atoms with Crippen molar-refractivity contribution in [3.8, 4) is 0 Å². The van der Waals surface area contributed by atoms with Crippen LogP contribution in [0.1, 0.15) is 36.6 Å². The fraction of sp³-hybridized carbons (Fsp3) is 0. The van der Waals surface area contributed by atoms with Crippen molar-refractivity contribution < 1.29 is 24.6 Å². The molecule has 0 saturated carbocycles. The molecular weight excluding hydrogens is 288 g/mol. The maximum Gasteiger partial charge on any atom is 0.336 e. The number of carbonyl (C=O) groups is 3. The largest absolute Gasteiger partial charge is 0.478 e. The van der Waals surface area contributed by atoms with Gasteiger partial charge in [0.25, 0.3) is 0 Å². The van der Waals surface area contributed by atoms with Gasteiger partial charge in [-0.3, -0.25) is 4.79 Å². The Morgan fingerprint density at radius 2 is 1.36 bits per heavy atom. The standard InChI is InChI=1S/C15H12N2O5/c16-11-4-2-7(6-12(11)17)13(18)10-5-8(14(19)20)1-3-9(10)15(21)22/h1-6H,16-17H2,(H,19,20)(H,21,22). The number of carboxylic acid groups (broad SMARTS) is 2. The number of aromatic carboxylic acids is 2. The lowest BCUT2D eigenvalue weighted by Gasteiger charge is -2.08. The van der Waals surface area contributed by atoms with Gasteiger partial charge in [0, 0.05) is 11.1 Å². The molecule has 0 aliphatic rings. The van der Waals surface area contributed by atoms with Crippen LogP contribution in [-0.2, 0) is 0 Å². The smallest absolute Gasteiger partial charge is 0.336 e. The third kappa shape index (κ3) is 2.73. The van der Waals surface area contributed by atoms with Crippen LogP contribution in [0.4, 0.5) is 11.4 Å². The minimum Gasteiger partial charge on any atom is -0.478 e. The van der Waals surface area contributed by atoms with Crippen LogP contribution in [0.3, 0.4) is 0 Å². The first-order valence-electron chi connectivity index (χ1n) is 6.11. The summed E-state index contributed by atoms with van der Waals surface area (Å²) in [7, 11) is 0. The van der Waals surface area contributed by atoms with Crippen molar-refractivity contribution in [3.05, 3.63) is 58.7 Å². The normalized spacial score (nSPS) is 10.2. The van der Waals surface area contributed by atoms with E-state index in [4.69, 9.17) is 21.7 Å². The number of carbonyl (C=O) groups excluding carboxylic acids is 1. The van der Waals surface area contributed by atoms with Gasteiger partial charge in [-0.15, -0.1) is 0 Å². The summed E-state index contributed by atoms with van der Waals surface area (Å²) in [4.78, 5) is 34.7. The molecule has 2 rings (SSSR count). The van der Waals surface area contributed by atoms with Gasteiger partial charge in [0.15, 0.2) is 5.78 Å². The highest BCUT2D eigenvalue weighted by Crippen LogP contribution is 2.21. The summed E-state index contributed by atoms with van der Waals surface area (Å²) in [6, 6.07) is 7.37. The Morgan fingerprint density at radius 3 is 1.91 bits per heavy atom. The van der Waals surface area contributed by atoms with E-state index in [0.717, 1.165) is 18.2 Å². The van der Waals surface area contributed by atoms with Crippen molar-refractivity contribution in [1.82, 2.24) is 0 Å². The molecule has 0 spiro atoms. The van der Waals surface area contributed by atoms with Gasteiger partial charge >= 0.3 is 11.9 Å². The van der Waals surface area contributed by atoms with Crippen LogP contribution in [-0.4, -0.2) is 27.9 Å². The summed E-state index contributed by atoms with van der Waals surface area (Å²) in [6.45, 7) is 0. The van der Waals surface area contributed by atoms with Gasteiger partial charge in [-0.1, -0.05) is 0 Å². The monoisotopic (exact) mass is 300 g/mol. The summed E-state index contributed by atoms with van der Waals surface area (Å²) in [5.41, 5.74) is 11.1. The third-order valence-corrected chi connectivity index (χ3v) is 3.09. The number of rotatable bonds is 4. The topological polar surface area (TPSA) is 144 Å². The van der Waals surface area contributed by atoms with Gasteiger partial charge < -0.3 is 21.7 Å². The minimum atomic E-state index is -1.33. The number of hydrogen-bond acceptors (Lipinski definition) is 5. The Hall–Kier alpha value is -3.35. The highest BCUT2D eigenvalue weighted by atomic mass is 16.4. The van der Waals surface area contributed by atoms with Crippen LogP contribution < -0.4 is 11.5 Å². The number of benzene rings is 2. The van der Waals surface area contributed by atoms with Crippen molar-refractivity contribution in [2.75, 3.05) is 11.5 Å². The van der Waals surface area contributed by atoms with Gasteiger partial charge in [0.2, 0.25) is 0 Å². The lowest BCUT2D eigenvalue weighted by Crippen LogP contribution is -2.12. The first kappa shape index (κ1) is 15.0. The Bertz CT molecular complexity index is 799. The van der Waals surface area contributed by atoms with Crippen molar-refractivity contribution in [3.63, 3.8) is 0 Å². The molecule has 2 aromatic carbocycles. The summed E-state index contributed by atoms with van der Waals surface area (Å²) in [6.07, 6.45) is 0. The molecule has 0 aliphatic heterocycles. The van der Waals surface area contributed by atoms with E-state index in [2.05, 4.69) is 0 Å². The maximum absolute atomic E-state index is 12.5. The van der Waals surface area contributed by atoms with Crippen LogP contribution in [0.2, 0.25) is 0 Å². The predicted molar refractivity (Wildman–Crippen MR) is 79.1 cm³/mol. The minimum absolute atomic E-state index is 0.122. The van der Waals surface area contributed by atoms with E-state index in [1.807, 2.05) is 0 Å². The lowest BCUT2D eigenvalue weighted by molar-refractivity contribution is 0.0679. The third-order valence-electron chi connectivity index (χ3n) is 3.09. The molecule has 0 amide bonds. The zero-order chi connectivity index (χ0) is 16.4. The zero-order valence-electron chi connectivity index (χ0n) is 11.2. The Morgan fingerprint density at radius 1 is 0.727 bits per heavy atom. The number of nitrogen functional groups attached to an aromatic ring is 2. The number of carboxylic acids is 2. The molecule has 112 valence electrons. The molecule has 7 nitrogen and oxygen atoms in total. The van der Waals surface area contributed by atoms with E-state index in [9.17, 15) is 14.4 Å². The lowest BCUT2D eigenvalue weighted by atomic mass is 9.95. The molecule has 0 aliphatic carbocycles. The molecule has 0 atom stereocenters. The summed E-state index contributed by atoms with van der Waals surface area (Å²) >= 11 is 0. The van der Waals surface area contributed by atoms with Gasteiger partial charge in [-0.25, -0.2) is 9.59 Å². The number of ketones is 1. The molecular formula is C15H12N2O5. The Labute approximate surface area is 124 Å². The van der Waals surface area contributed by atoms with Gasteiger partial charge in [0.05, 0.1) is 22.5 Å². The second-order valence-corrected chi connectivity index (χ2v) is 4.54. The van der Waals surface area contributed by atoms with E-state index in [0.29, 0.717) is 0 Å². The van der Waals surface area contributed by atoms with Gasteiger partial charge in [0.1, 0.15) is 0 Å². The van der Waals surface area contributed by atoms with E-state index < -0.39 is 17.7 Å². The predicted octanol–water partition coefficient (Wildman–Crippen LogP) is 1.48. The number of nitrogens with two attached hydrogens (primary N) is 2. The molecule has 0 saturated heterocycles. The number of hydrogen-bond donors (Lipinski definition) is 4. The van der Waals surface area contributed by atoms with E-state index >= 15 is 0 Å². The van der Waals surface area contributed by atoms with Crippen molar-refractivity contribution in [2.24, 2.45) is 0 Å². The van der Waals surface area contributed by atoms with Crippen molar-refractivity contribution >= 4 is 29.1 Å². The molecule has 6 N–H and O–H groups in total.